The number of thioether (sulfide) groups is 1. The number of esters is 1. The van der Waals surface area contributed by atoms with Crippen molar-refractivity contribution in [2.75, 3.05) is 7.11 Å². The van der Waals surface area contributed by atoms with Crippen molar-refractivity contribution in [1.29, 1.82) is 0 Å². The molecule has 0 aliphatic carbocycles. The van der Waals surface area contributed by atoms with Gasteiger partial charge in [-0.05, 0) is 30.0 Å². The fraction of sp³-hybridized carbons (Fsp3) is 0.143. The van der Waals surface area contributed by atoms with E-state index in [9.17, 15) is 18.0 Å². The number of pyridine rings is 1. The number of aromatic nitrogens is 1. The van der Waals surface area contributed by atoms with E-state index in [1.165, 1.54) is 18.2 Å². The first-order chi connectivity index (χ1) is 11.1. The van der Waals surface area contributed by atoms with Crippen molar-refractivity contribution in [1.82, 2.24) is 4.98 Å². The summed E-state index contributed by atoms with van der Waals surface area (Å²) in [7, 11) is 1.16. The van der Waals surface area contributed by atoms with Crippen LogP contribution in [-0.4, -0.2) is 23.6 Å². The van der Waals surface area contributed by atoms with Crippen LogP contribution < -0.4 is 0 Å². The summed E-state index contributed by atoms with van der Waals surface area (Å²) in [6.45, 7) is 0. The van der Waals surface area contributed by atoms with Crippen molar-refractivity contribution in [2.45, 2.75) is 10.4 Å². The van der Waals surface area contributed by atoms with Crippen LogP contribution in [0.2, 0.25) is 15.1 Å². The largest absolute Gasteiger partial charge is 0.464 e. The molecule has 2 rings (SSSR count). The quantitative estimate of drug-likeness (QED) is 0.447. The number of carbonyl (C=O) groups is 1. The van der Waals surface area contributed by atoms with E-state index in [2.05, 4.69) is 9.72 Å². The molecule has 10 heteroatoms. The molecule has 0 saturated carbocycles. The maximum absolute atomic E-state index is 12.4. The average Bonchev–Trinajstić information content (AvgIpc) is 2.46. The van der Waals surface area contributed by atoms with Crippen LogP contribution in [0.15, 0.2) is 29.2 Å². The van der Waals surface area contributed by atoms with E-state index in [-0.39, 0.29) is 48.7 Å². The third-order valence-electron chi connectivity index (χ3n) is 2.74. The van der Waals surface area contributed by atoms with E-state index in [1.807, 2.05) is 0 Å². The minimum atomic E-state index is -4.43. The fourth-order valence-corrected chi connectivity index (χ4v) is 3.23. The zero-order chi connectivity index (χ0) is 18.1. The summed E-state index contributed by atoms with van der Waals surface area (Å²) >= 11 is 17.7. The summed E-state index contributed by atoms with van der Waals surface area (Å²) in [5.74, 6) is -0.779. The van der Waals surface area contributed by atoms with Crippen molar-refractivity contribution in [3.8, 4) is 11.3 Å². The Morgan fingerprint density at radius 2 is 1.79 bits per heavy atom. The van der Waals surface area contributed by atoms with Crippen LogP contribution in [0, 0.1) is 0 Å². The van der Waals surface area contributed by atoms with Gasteiger partial charge in [-0.1, -0.05) is 40.9 Å². The van der Waals surface area contributed by atoms with Crippen LogP contribution in [0.1, 0.15) is 10.5 Å². The molecule has 0 aliphatic heterocycles. The third kappa shape index (κ3) is 4.47. The number of carbonyl (C=O) groups excluding carboxylic acids is 1. The van der Waals surface area contributed by atoms with Gasteiger partial charge in [0.05, 0.1) is 27.9 Å². The molecule has 0 spiro atoms. The van der Waals surface area contributed by atoms with E-state index in [0.717, 1.165) is 13.2 Å². The molecule has 1 aromatic heterocycles. The van der Waals surface area contributed by atoms with Crippen LogP contribution in [0.5, 0.6) is 0 Å². The van der Waals surface area contributed by atoms with E-state index in [4.69, 9.17) is 34.8 Å². The summed E-state index contributed by atoms with van der Waals surface area (Å²) in [5.41, 5.74) is -4.24. The molecule has 0 saturated heterocycles. The van der Waals surface area contributed by atoms with Crippen LogP contribution in [0.25, 0.3) is 11.3 Å². The molecule has 0 unspecified atom stereocenters. The Balaban J connectivity index is 2.50. The number of benzene rings is 1. The molecule has 1 aromatic carbocycles. The number of rotatable bonds is 3. The van der Waals surface area contributed by atoms with Gasteiger partial charge in [0.15, 0.2) is 5.69 Å². The molecule has 0 fully saturated rings. The number of alkyl halides is 3. The second-order valence-corrected chi connectivity index (χ2v) is 6.69. The second kappa shape index (κ2) is 7.39. The highest BCUT2D eigenvalue weighted by Gasteiger charge is 2.29. The van der Waals surface area contributed by atoms with E-state index in [0.29, 0.717) is 0 Å². The Bertz CT molecular complexity index is 800. The summed E-state index contributed by atoms with van der Waals surface area (Å²) in [4.78, 5) is 15.6. The monoisotopic (exact) mass is 415 g/mol. The lowest BCUT2D eigenvalue weighted by Crippen LogP contribution is -2.06. The first kappa shape index (κ1) is 19.2. The number of hydrogen-bond acceptors (Lipinski definition) is 4. The summed E-state index contributed by atoms with van der Waals surface area (Å²) in [6.07, 6.45) is 0. The highest BCUT2D eigenvalue weighted by Crippen LogP contribution is 2.41. The van der Waals surface area contributed by atoms with Gasteiger partial charge in [-0.2, -0.15) is 13.2 Å². The van der Waals surface area contributed by atoms with Gasteiger partial charge in [-0.15, -0.1) is 0 Å². The van der Waals surface area contributed by atoms with Gasteiger partial charge >= 0.3 is 11.5 Å². The molecule has 0 radical (unpaired) electrons. The zero-order valence-electron chi connectivity index (χ0n) is 11.7. The maximum Gasteiger partial charge on any atom is 0.446 e. The predicted molar refractivity (Wildman–Crippen MR) is 88.0 cm³/mol. The molecule has 0 bridgehead atoms. The molecule has 24 heavy (non-hydrogen) atoms. The van der Waals surface area contributed by atoms with Gasteiger partial charge in [0, 0.05) is 10.5 Å². The van der Waals surface area contributed by atoms with Crippen LogP contribution in [-0.2, 0) is 4.74 Å². The van der Waals surface area contributed by atoms with Crippen LogP contribution in [0.4, 0.5) is 13.2 Å². The van der Waals surface area contributed by atoms with Gasteiger partial charge in [0.2, 0.25) is 0 Å². The van der Waals surface area contributed by atoms with Gasteiger partial charge in [0.25, 0.3) is 0 Å². The Morgan fingerprint density at radius 1 is 1.12 bits per heavy atom. The fourth-order valence-electron chi connectivity index (χ4n) is 1.78. The Labute approximate surface area is 154 Å². The Kier molecular flexibility index (Phi) is 5.91. The standard InChI is InChI=1S/C14H7Cl3F3NO2S/c1-23-13(22)12-10(17)5-9(16)11(21-12)7-3-2-6(4-8(7)15)24-14(18,19)20/h2-5H,1H3. The van der Waals surface area contributed by atoms with E-state index in [1.54, 1.807) is 0 Å². The minimum absolute atomic E-state index is 0.00297. The Hall–Kier alpha value is -1.15. The maximum atomic E-state index is 12.4. The highest BCUT2D eigenvalue weighted by atomic mass is 35.5. The molecule has 0 amide bonds. The van der Waals surface area contributed by atoms with Gasteiger partial charge in [-0.3, -0.25) is 0 Å². The molecule has 0 N–H and O–H groups in total. The van der Waals surface area contributed by atoms with Crippen LogP contribution >= 0.6 is 46.6 Å². The van der Waals surface area contributed by atoms with Crippen molar-refractivity contribution >= 4 is 52.5 Å². The molecule has 3 nitrogen and oxygen atoms in total. The molecular formula is C14H7Cl3F3NO2S. The van der Waals surface area contributed by atoms with Gasteiger partial charge in [-0.25, -0.2) is 9.78 Å². The lowest BCUT2D eigenvalue weighted by atomic mass is 10.1. The van der Waals surface area contributed by atoms with E-state index >= 15 is 0 Å². The topological polar surface area (TPSA) is 39.2 Å². The Morgan fingerprint density at radius 3 is 2.33 bits per heavy atom. The molecule has 1 heterocycles. The molecule has 2 aromatic rings. The van der Waals surface area contributed by atoms with Crippen molar-refractivity contribution in [2.24, 2.45) is 0 Å². The normalized spacial score (nSPS) is 11.5. The first-order valence-corrected chi connectivity index (χ1v) is 8.07. The van der Waals surface area contributed by atoms with Crippen molar-refractivity contribution in [3.05, 3.63) is 45.0 Å². The molecule has 0 aliphatic rings. The summed E-state index contributed by atoms with van der Waals surface area (Å²) in [6, 6.07) is 4.98. The van der Waals surface area contributed by atoms with Crippen molar-refractivity contribution in [3.63, 3.8) is 0 Å². The van der Waals surface area contributed by atoms with Crippen LogP contribution in [0.3, 0.4) is 0 Å². The summed E-state index contributed by atoms with van der Waals surface area (Å²) in [5, 5.41) is 0.0681. The molecular weight excluding hydrogens is 410 g/mol. The molecule has 0 atom stereocenters. The number of halogens is 6. The predicted octanol–water partition coefficient (Wildman–Crippen LogP) is 6.11. The SMILES string of the molecule is COC(=O)c1nc(-c2ccc(SC(F)(F)F)cc2Cl)c(Cl)cc1Cl. The lowest BCUT2D eigenvalue weighted by Gasteiger charge is -2.11. The molecule has 128 valence electrons. The number of methoxy groups -OCH3 is 1. The average molecular weight is 417 g/mol. The third-order valence-corrected chi connectivity index (χ3v) is 4.35. The number of ether oxygens (including phenoxy) is 1. The first-order valence-electron chi connectivity index (χ1n) is 6.12. The smallest absolute Gasteiger partial charge is 0.446 e. The summed E-state index contributed by atoms with van der Waals surface area (Å²) < 4.78 is 41.8. The van der Waals surface area contributed by atoms with Crippen molar-refractivity contribution < 1.29 is 22.7 Å². The number of nitrogens with zero attached hydrogens (tertiary/aromatic N) is 1. The van der Waals surface area contributed by atoms with Gasteiger partial charge < -0.3 is 4.74 Å². The second-order valence-electron chi connectivity index (χ2n) is 4.33. The lowest BCUT2D eigenvalue weighted by molar-refractivity contribution is -0.0328. The number of hydrogen-bond donors (Lipinski definition) is 0. The van der Waals surface area contributed by atoms with Gasteiger partial charge in [0.1, 0.15) is 0 Å². The highest BCUT2D eigenvalue weighted by molar-refractivity contribution is 8.00. The minimum Gasteiger partial charge on any atom is -0.464 e. The van der Waals surface area contributed by atoms with E-state index < -0.39 is 11.5 Å². The zero-order valence-corrected chi connectivity index (χ0v) is 14.8.